The number of urea groups is 1. The topological polar surface area (TPSA) is 78.6 Å². The standard InChI is InChI=1S/C19H25N3O3/c1-3-16-17(13(2)21-25-16)20-19(24)22-11-9-15(10-12-22)18(23)14-7-5-4-6-8-14/h4-8,15,18,23H,3,9-12H2,1-2H3,(H,20,24). The number of aliphatic hydroxyl groups excluding tert-OH is 1. The zero-order valence-corrected chi connectivity index (χ0v) is 14.7. The molecule has 134 valence electrons. The third-order valence-electron chi connectivity index (χ3n) is 4.90. The Kier molecular flexibility index (Phi) is 5.38. The van der Waals surface area contributed by atoms with Gasteiger partial charge in [0.1, 0.15) is 11.4 Å². The van der Waals surface area contributed by atoms with Gasteiger partial charge in [0.2, 0.25) is 0 Å². The van der Waals surface area contributed by atoms with Gasteiger partial charge in [0.25, 0.3) is 0 Å². The van der Waals surface area contributed by atoms with Crippen molar-refractivity contribution in [3.8, 4) is 0 Å². The Labute approximate surface area is 147 Å². The number of aryl methyl sites for hydroxylation is 2. The third kappa shape index (κ3) is 3.85. The van der Waals surface area contributed by atoms with Crippen molar-refractivity contribution in [3.05, 3.63) is 47.3 Å². The van der Waals surface area contributed by atoms with Gasteiger partial charge in [-0.1, -0.05) is 42.4 Å². The van der Waals surface area contributed by atoms with Gasteiger partial charge in [0.05, 0.1) is 6.10 Å². The van der Waals surface area contributed by atoms with E-state index >= 15 is 0 Å². The van der Waals surface area contributed by atoms with Crippen molar-refractivity contribution in [2.75, 3.05) is 18.4 Å². The molecule has 6 heteroatoms. The Morgan fingerprint density at radius 3 is 2.68 bits per heavy atom. The van der Waals surface area contributed by atoms with Crippen molar-refractivity contribution >= 4 is 11.7 Å². The largest absolute Gasteiger partial charge is 0.388 e. The van der Waals surface area contributed by atoms with Crippen LogP contribution in [0.1, 0.15) is 42.9 Å². The number of carbonyl (C=O) groups excluding carboxylic acids is 1. The molecule has 1 saturated heterocycles. The van der Waals surface area contributed by atoms with Crippen molar-refractivity contribution in [3.63, 3.8) is 0 Å². The minimum absolute atomic E-state index is 0.131. The van der Waals surface area contributed by atoms with Crippen LogP contribution in [0.5, 0.6) is 0 Å². The molecule has 1 unspecified atom stereocenters. The van der Waals surface area contributed by atoms with Crippen molar-refractivity contribution < 1.29 is 14.4 Å². The summed E-state index contributed by atoms with van der Waals surface area (Å²) in [6, 6.07) is 9.59. The van der Waals surface area contributed by atoms with Crippen LogP contribution in [-0.2, 0) is 6.42 Å². The first-order chi connectivity index (χ1) is 12.1. The molecule has 2 N–H and O–H groups in total. The quantitative estimate of drug-likeness (QED) is 0.890. The summed E-state index contributed by atoms with van der Waals surface area (Å²) in [7, 11) is 0. The molecule has 0 radical (unpaired) electrons. The molecular weight excluding hydrogens is 318 g/mol. The van der Waals surface area contributed by atoms with Crippen LogP contribution in [-0.4, -0.2) is 34.3 Å². The van der Waals surface area contributed by atoms with Gasteiger partial charge in [0, 0.05) is 19.5 Å². The van der Waals surface area contributed by atoms with E-state index in [4.69, 9.17) is 4.52 Å². The van der Waals surface area contributed by atoms with E-state index in [1.807, 2.05) is 44.2 Å². The molecule has 0 spiro atoms. The molecule has 1 atom stereocenters. The van der Waals surface area contributed by atoms with Crippen LogP contribution < -0.4 is 5.32 Å². The number of hydrogen-bond donors (Lipinski definition) is 2. The van der Waals surface area contributed by atoms with E-state index in [-0.39, 0.29) is 11.9 Å². The van der Waals surface area contributed by atoms with Crippen LogP contribution in [0.2, 0.25) is 0 Å². The lowest BCUT2D eigenvalue weighted by Crippen LogP contribution is -2.42. The zero-order chi connectivity index (χ0) is 17.8. The van der Waals surface area contributed by atoms with E-state index in [2.05, 4.69) is 10.5 Å². The minimum Gasteiger partial charge on any atom is -0.388 e. The highest BCUT2D eigenvalue weighted by molar-refractivity contribution is 5.90. The molecule has 1 aromatic heterocycles. The number of aliphatic hydroxyl groups is 1. The molecule has 1 fully saturated rings. The predicted molar refractivity (Wildman–Crippen MR) is 95.3 cm³/mol. The second kappa shape index (κ2) is 7.70. The molecule has 2 amide bonds. The van der Waals surface area contributed by atoms with Crippen LogP contribution in [0.15, 0.2) is 34.9 Å². The van der Waals surface area contributed by atoms with Crippen molar-refractivity contribution in [2.24, 2.45) is 5.92 Å². The van der Waals surface area contributed by atoms with Gasteiger partial charge in [-0.15, -0.1) is 0 Å². The molecule has 1 aromatic carbocycles. The fourth-order valence-corrected chi connectivity index (χ4v) is 3.34. The highest BCUT2D eigenvalue weighted by Gasteiger charge is 2.29. The van der Waals surface area contributed by atoms with E-state index in [1.165, 1.54) is 0 Å². The van der Waals surface area contributed by atoms with Crippen molar-refractivity contribution in [1.82, 2.24) is 10.1 Å². The number of piperidine rings is 1. The SMILES string of the molecule is CCc1onc(C)c1NC(=O)N1CCC(C(O)c2ccccc2)CC1. The van der Waals surface area contributed by atoms with Crippen LogP contribution in [0.25, 0.3) is 0 Å². The molecule has 0 saturated carbocycles. The normalized spacial score (nSPS) is 16.7. The molecule has 0 aliphatic carbocycles. The summed E-state index contributed by atoms with van der Waals surface area (Å²) in [5, 5.41) is 17.4. The predicted octanol–water partition coefficient (Wildman–Crippen LogP) is 3.52. The molecule has 0 bridgehead atoms. The molecule has 3 rings (SSSR count). The van der Waals surface area contributed by atoms with Gasteiger partial charge in [-0.05, 0) is 31.2 Å². The summed E-state index contributed by atoms with van der Waals surface area (Å²) in [4.78, 5) is 14.3. The summed E-state index contributed by atoms with van der Waals surface area (Å²) in [6.45, 7) is 5.05. The molecule has 25 heavy (non-hydrogen) atoms. The van der Waals surface area contributed by atoms with E-state index < -0.39 is 6.10 Å². The number of benzene rings is 1. The lowest BCUT2D eigenvalue weighted by atomic mass is 9.87. The van der Waals surface area contributed by atoms with Crippen LogP contribution >= 0.6 is 0 Å². The second-order valence-corrected chi connectivity index (χ2v) is 6.53. The molecule has 1 aliphatic rings. The molecular formula is C19H25N3O3. The van der Waals surface area contributed by atoms with Gasteiger partial charge in [0.15, 0.2) is 5.76 Å². The van der Waals surface area contributed by atoms with E-state index in [0.29, 0.717) is 36.7 Å². The first-order valence-corrected chi connectivity index (χ1v) is 8.84. The highest BCUT2D eigenvalue weighted by Crippen LogP contribution is 2.31. The minimum atomic E-state index is -0.474. The summed E-state index contributed by atoms with van der Waals surface area (Å²) in [5.74, 6) is 0.871. The van der Waals surface area contributed by atoms with Gasteiger partial charge in [-0.25, -0.2) is 4.79 Å². The fourth-order valence-electron chi connectivity index (χ4n) is 3.34. The Morgan fingerprint density at radius 2 is 2.04 bits per heavy atom. The number of carbonyl (C=O) groups is 1. The van der Waals surface area contributed by atoms with Gasteiger partial charge in [-0.3, -0.25) is 0 Å². The number of amides is 2. The Morgan fingerprint density at radius 1 is 1.36 bits per heavy atom. The summed E-state index contributed by atoms with van der Waals surface area (Å²) < 4.78 is 5.21. The maximum absolute atomic E-state index is 12.5. The Balaban J connectivity index is 1.57. The maximum Gasteiger partial charge on any atom is 0.321 e. The average Bonchev–Trinajstić information content (AvgIpc) is 3.01. The monoisotopic (exact) mass is 343 g/mol. The third-order valence-corrected chi connectivity index (χ3v) is 4.90. The summed E-state index contributed by atoms with van der Waals surface area (Å²) >= 11 is 0. The second-order valence-electron chi connectivity index (χ2n) is 6.53. The number of nitrogens with zero attached hydrogens (tertiary/aromatic N) is 2. The zero-order valence-electron chi connectivity index (χ0n) is 14.7. The van der Waals surface area contributed by atoms with Crippen LogP contribution in [0.4, 0.5) is 10.5 Å². The molecule has 1 aliphatic heterocycles. The smallest absolute Gasteiger partial charge is 0.321 e. The maximum atomic E-state index is 12.5. The Hall–Kier alpha value is -2.34. The van der Waals surface area contributed by atoms with Crippen molar-refractivity contribution in [1.29, 1.82) is 0 Å². The van der Waals surface area contributed by atoms with Crippen LogP contribution in [0, 0.1) is 12.8 Å². The van der Waals surface area contributed by atoms with E-state index in [9.17, 15) is 9.90 Å². The van der Waals surface area contributed by atoms with Gasteiger partial charge >= 0.3 is 6.03 Å². The number of aromatic nitrogens is 1. The summed E-state index contributed by atoms with van der Waals surface area (Å²) in [6.07, 6.45) is 1.78. The van der Waals surface area contributed by atoms with Crippen molar-refractivity contribution in [2.45, 2.75) is 39.2 Å². The molecule has 2 heterocycles. The first kappa shape index (κ1) is 17.5. The average molecular weight is 343 g/mol. The van der Waals surface area contributed by atoms with E-state index in [0.717, 1.165) is 18.4 Å². The number of nitrogens with one attached hydrogen (secondary N) is 1. The lowest BCUT2D eigenvalue weighted by Gasteiger charge is -2.34. The number of hydrogen-bond acceptors (Lipinski definition) is 4. The lowest BCUT2D eigenvalue weighted by molar-refractivity contribution is 0.0683. The van der Waals surface area contributed by atoms with Gasteiger partial charge < -0.3 is 19.8 Å². The number of anilines is 1. The summed E-state index contributed by atoms with van der Waals surface area (Å²) in [5.41, 5.74) is 2.32. The van der Waals surface area contributed by atoms with Crippen LogP contribution in [0.3, 0.4) is 0 Å². The van der Waals surface area contributed by atoms with Gasteiger partial charge in [-0.2, -0.15) is 0 Å². The molecule has 6 nitrogen and oxygen atoms in total. The molecule has 2 aromatic rings. The highest BCUT2D eigenvalue weighted by atomic mass is 16.5. The van der Waals surface area contributed by atoms with E-state index in [1.54, 1.807) is 4.90 Å². The fraction of sp³-hybridized carbons (Fsp3) is 0.474. The number of rotatable bonds is 4. The first-order valence-electron chi connectivity index (χ1n) is 8.84. The Bertz CT molecular complexity index is 706. The number of likely N-dealkylation sites (tertiary alicyclic amines) is 1.